The predicted octanol–water partition coefficient (Wildman–Crippen LogP) is 11.8. The molecule has 0 fully saturated rings. The fourth-order valence-electron chi connectivity index (χ4n) is 5.44. The maximum atomic E-state index is 12.1. The van der Waals surface area contributed by atoms with E-state index in [4.69, 9.17) is 0 Å². The number of unbranched alkanes of at least 4 members (excludes halogenated alkanes) is 24. The van der Waals surface area contributed by atoms with Gasteiger partial charge in [-0.05, 0) is 25.7 Å². The lowest BCUT2D eigenvalue weighted by atomic mass is 9.83. The monoisotopic (exact) mass is 562 g/mol. The molecular weight excluding hydrogens is 496 g/mol. The van der Waals surface area contributed by atoms with Crippen LogP contribution in [0.2, 0.25) is 0 Å². The second kappa shape index (κ2) is 28.9. The third-order valence-electron chi connectivity index (χ3n) is 8.12. The van der Waals surface area contributed by atoms with Gasteiger partial charge in [0.1, 0.15) is 5.41 Å². The molecule has 0 heterocycles. The minimum absolute atomic E-state index is 0.410. The van der Waals surface area contributed by atoms with Gasteiger partial charge in [-0.1, -0.05) is 179 Å². The molecule has 0 spiro atoms. The van der Waals surface area contributed by atoms with Crippen LogP contribution >= 0.6 is 0 Å². The van der Waals surface area contributed by atoms with Gasteiger partial charge in [0.25, 0.3) is 0 Å². The standard InChI is InChI=1S/C36H66O4/c1-3-5-7-9-11-13-15-17-19-21-23-25-27-29-31-36(35(39)40,33-34(37)38)32-30-28-26-24-22-20-18-16-14-12-10-8-6-4-2/h29-32H,3-28,33H2,1-2H3,(H,37,38)(H,39,40)/b31-29+,32-30+. The van der Waals surface area contributed by atoms with Gasteiger partial charge >= 0.3 is 11.9 Å². The van der Waals surface area contributed by atoms with Gasteiger partial charge in [0.2, 0.25) is 0 Å². The SMILES string of the molecule is CCCCCCCCCCCCCC/C=C/C(/C=C/CCCCCCCCCCCCCC)(CC(=O)O)C(=O)O. The van der Waals surface area contributed by atoms with Crippen molar-refractivity contribution in [3.63, 3.8) is 0 Å². The van der Waals surface area contributed by atoms with E-state index < -0.39 is 23.8 Å². The molecule has 0 radical (unpaired) electrons. The van der Waals surface area contributed by atoms with E-state index in [1.165, 1.54) is 128 Å². The van der Waals surface area contributed by atoms with E-state index in [0.29, 0.717) is 0 Å². The Morgan fingerprint density at radius 2 is 0.750 bits per heavy atom. The van der Waals surface area contributed by atoms with Gasteiger partial charge in [-0.3, -0.25) is 9.59 Å². The summed E-state index contributed by atoms with van der Waals surface area (Å²) in [6.07, 6.45) is 39.3. The molecule has 0 rings (SSSR count). The van der Waals surface area contributed by atoms with Gasteiger partial charge in [0.05, 0.1) is 6.42 Å². The second-order valence-corrected chi connectivity index (χ2v) is 12.1. The van der Waals surface area contributed by atoms with Crippen molar-refractivity contribution in [3.05, 3.63) is 24.3 Å². The highest BCUT2D eigenvalue weighted by molar-refractivity contribution is 5.85. The Labute approximate surface area is 248 Å². The Kier molecular flexibility index (Phi) is 27.8. The molecule has 234 valence electrons. The van der Waals surface area contributed by atoms with E-state index in [0.717, 1.165) is 38.5 Å². The topological polar surface area (TPSA) is 74.6 Å². The first-order valence-corrected chi connectivity index (χ1v) is 17.3. The molecule has 4 heteroatoms. The zero-order valence-corrected chi connectivity index (χ0v) is 26.6. The summed E-state index contributed by atoms with van der Waals surface area (Å²) in [5.74, 6) is -2.15. The summed E-state index contributed by atoms with van der Waals surface area (Å²) < 4.78 is 0. The van der Waals surface area contributed by atoms with Crippen LogP contribution in [-0.2, 0) is 9.59 Å². The number of aliphatic carboxylic acids is 2. The highest BCUT2D eigenvalue weighted by Gasteiger charge is 2.35. The van der Waals surface area contributed by atoms with E-state index in [1.54, 1.807) is 12.2 Å². The van der Waals surface area contributed by atoms with Crippen molar-refractivity contribution in [2.75, 3.05) is 0 Å². The van der Waals surface area contributed by atoms with E-state index >= 15 is 0 Å². The molecule has 0 amide bonds. The minimum atomic E-state index is -1.44. The lowest BCUT2D eigenvalue weighted by molar-refractivity contribution is -0.150. The van der Waals surface area contributed by atoms with Crippen LogP contribution in [0, 0.1) is 5.41 Å². The number of carbonyl (C=O) groups is 2. The van der Waals surface area contributed by atoms with E-state index in [-0.39, 0.29) is 0 Å². The van der Waals surface area contributed by atoms with E-state index in [1.807, 2.05) is 12.2 Å². The van der Waals surface area contributed by atoms with Crippen LogP contribution in [0.25, 0.3) is 0 Å². The first kappa shape index (κ1) is 38.4. The van der Waals surface area contributed by atoms with Crippen molar-refractivity contribution < 1.29 is 19.8 Å². The van der Waals surface area contributed by atoms with Gasteiger partial charge in [-0.2, -0.15) is 0 Å². The Bertz CT molecular complexity index is 599. The number of carboxylic acids is 2. The van der Waals surface area contributed by atoms with Crippen molar-refractivity contribution in [1.29, 1.82) is 0 Å². The predicted molar refractivity (Wildman–Crippen MR) is 172 cm³/mol. The summed E-state index contributed by atoms with van der Waals surface area (Å²) in [5, 5.41) is 19.3. The van der Waals surface area contributed by atoms with Crippen molar-refractivity contribution in [2.24, 2.45) is 5.41 Å². The lowest BCUT2D eigenvalue weighted by Crippen LogP contribution is -2.29. The molecule has 0 saturated heterocycles. The van der Waals surface area contributed by atoms with Gasteiger partial charge in [-0.25, -0.2) is 0 Å². The highest BCUT2D eigenvalue weighted by Crippen LogP contribution is 2.28. The maximum absolute atomic E-state index is 12.1. The average Bonchev–Trinajstić information content (AvgIpc) is 2.92. The zero-order valence-electron chi connectivity index (χ0n) is 26.6. The fourth-order valence-corrected chi connectivity index (χ4v) is 5.44. The molecule has 0 bridgehead atoms. The third kappa shape index (κ3) is 24.2. The molecule has 0 aliphatic heterocycles. The molecule has 0 aromatic carbocycles. The molecular formula is C36H66O4. The summed E-state index contributed by atoms with van der Waals surface area (Å²) in [7, 11) is 0. The Morgan fingerprint density at radius 1 is 0.475 bits per heavy atom. The number of hydrogen-bond donors (Lipinski definition) is 2. The second-order valence-electron chi connectivity index (χ2n) is 12.1. The van der Waals surface area contributed by atoms with Crippen molar-refractivity contribution in [1.82, 2.24) is 0 Å². The van der Waals surface area contributed by atoms with Crippen LogP contribution in [0.4, 0.5) is 0 Å². The normalized spacial score (nSPS) is 12.2. The summed E-state index contributed by atoms with van der Waals surface area (Å²) in [6.45, 7) is 4.51. The van der Waals surface area contributed by atoms with Crippen LogP contribution in [0.15, 0.2) is 24.3 Å². The molecule has 0 aromatic heterocycles. The average molecular weight is 563 g/mol. The van der Waals surface area contributed by atoms with E-state index in [2.05, 4.69) is 13.8 Å². The fraction of sp³-hybridized carbons (Fsp3) is 0.833. The largest absolute Gasteiger partial charge is 0.481 e. The zero-order chi connectivity index (χ0) is 29.6. The first-order chi connectivity index (χ1) is 19.5. The summed E-state index contributed by atoms with van der Waals surface area (Å²) in [5.41, 5.74) is -1.44. The van der Waals surface area contributed by atoms with Crippen LogP contribution in [0.5, 0.6) is 0 Å². The van der Waals surface area contributed by atoms with E-state index in [9.17, 15) is 19.8 Å². The molecule has 0 unspecified atom stereocenters. The number of carboxylic acid groups (broad SMARTS) is 2. The summed E-state index contributed by atoms with van der Waals surface area (Å²) in [4.78, 5) is 23.6. The Balaban J connectivity index is 4.14. The van der Waals surface area contributed by atoms with Gasteiger partial charge < -0.3 is 10.2 Å². The molecule has 4 nitrogen and oxygen atoms in total. The van der Waals surface area contributed by atoms with Gasteiger partial charge in [-0.15, -0.1) is 0 Å². The van der Waals surface area contributed by atoms with Crippen LogP contribution in [0.3, 0.4) is 0 Å². The summed E-state index contributed by atoms with van der Waals surface area (Å²) >= 11 is 0. The van der Waals surface area contributed by atoms with Crippen molar-refractivity contribution in [2.45, 2.75) is 187 Å². The summed E-state index contributed by atoms with van der Waals surface area (Å²) in [6, 6.07) is 0. The van der Waals surface area contributed by atoms with Crippen LogP contribution < -0.4 is 0 Å². The van der Waals surface area contributed by atoms with Gasteiger partial charge in [0, 0.05) is 0 Å². The number of hydrogen-bond acceptors (Lipinski definition) is 2. The highest BCUT2D eigenvalue weighted by atomic mass is 16.4. The minimum Gasteiger partial charge on any atom is -0.481 e. The molecule has 0 aliphatic rings. The van der Waals surface area contributed by atoms with Gasteiger partial charge in [0.15, 0.2) is 0 Å². The van der Waals surface area contributed by atoms with Crippen molar-refractivity contribution in [3.8, 4) is 0 Å². The van der Waals surface area contributed by atoms with Crippen molar-refractivity contribution >= 4 is 11.9 Å². The lowest BCUT2D eigenvalue weighted by Gasteiger charge is -2.20. The Hall–Kier alpha value is -1.58. The molecule has 0 atom stereocenters. The van der Waals surface area contributed by atoms with Crippen LogP contribution in [0.1, 0.15) is 187 Å². The first-order valence-electron chi connectivity index (χ1n) is 17.3. The molecule has 2 N–H and O–H groups in total. The maximum Gasteiger partial charge on any atom is 0.318 e. The molecule has 0 saturated carbocycles. The number of rotatable bonds is 31. The molecule has 0 aromatic rings. The number of allylic oxidation sites excluding steroid dienone is 2. The van der Waals surface area contributed by atoms with Crippen LogP contribution in [-0.4, -0.2) is 22.2 Å². The quantitative estimate of drug-likeness (QED) is 0.0651. The smallest absolute Gasteiger partial charge is 0.318 e. The molecule has 40 heavy (non-hydrogen) atoms. The molecule has 0 aliphatic carbocycles. The Morgan fingerprint density at radius 3 is 1.00 bits per heavy atom. The third-order valence-corrected chi connectivity index (χ3v) is 8.12.